The Hall–Kier alpha value is -1.44. The molecule has 0 saturated heterocycles. The zero-order valence-corrected chi connectivity index (χ0v) is 9.30. The number of benzene rings is 1. The Kier molecular flexibility index (Phi) is 6.29. The van der Waals surface area contributed by atoms with Gasteiger partial charge in [-0.05, 0) is 19.1 Å². The second-order valence-electron chi connectivity index (χ2n) is 2.88. The fraction of sp³-hybridized carbons (Fsp3) is 0.333. The molecule has 1 rings (SSSR count). The van der Waals surface area contributed by atoms with Crippen LogP contribution < -0.4 is 11.1 Å². The number of hydrogen-bond acceptors (Lipinski definition) is 2. The predicted octanol–water partition coefficient (Wildman–Crippen LogP) is 2.91. The van der Waals surface area contributed by atoms with Crippen molar-refractivity contribution in [2.75, 3.05) is 11.9 Å². The Morgan fingerprint density at radius 2 is 1.79 bits per heavy atom. The monoisotopic (exact) mass is 192 g/mol. The summed E-state index contributed by atoms with van der Waals surface area (Å²) in [7, 11) is 0. The van der Waals surface area contributed by atoms with Gasteiger partial charge in [-0.25, -0.2) is 0 Å². The van der Waals surface area contributed by atoms with Gasteiger partial charge in [0.15, 0.2) is 0 Å². The summed E-state index contributed by atoms with van der Waals surface area (Å²) in [5.41, 5.74) is 8.39. The standard InChI is InChI=1S/C10H14N2.C2H6/c1-8-3-5-10(6-4-8)12-7-9(2)11;1-2/h3-6,12H,2,7,11H2,1H3;1-2H3. The highest BCUT2D eigenvalue weighted by atomic mass is 14.9. The molecule has 14 heavy (non-hydrogen) atoms. The third-order valence-corrected chi connectivity index (χ3v) is 1.57. The summed E-state index contributed by atoms with van der Waals surface area (Å²) in [6.07, 6.45) is 0. The van der Waals surface area contributed by atoms with Crippen LogP contribution in [-0.2, 0) is 0 Å². The molecule has 3 N–H and O–H groups in total. The molecule has 0 aromatic heterocycles. The number of nitrogens with two attached hydrogens (primary N) is 1. The molecule has 0 unspecified atom stereocenters. The Morgan fingerprint density at radius 1 is 1.29 bits per heavy atom. The minimum absolute atomic E-state index is 0.628. The average Bonchev–Trinajstić information content (AvgIpc) is 2.20. The van der Waals surface area contributed by atoms with E-state index in [1.165, 1.54) is 5.56 Å². The molecule has 78 valence electrons. The van der Waals surface area contributed by atoms with Crippen molar-refractivity contribution in [3.63, 3.8) is 0 Å². The van der Waals surface area contributed by atoms with E-state index in [1.807, 2.05) is 26.0 Å². The Bertz CT molecular complexity index is 262. The highest BCUT2D eigenvalue weighted by Crippen LogP contribution is 2.07. The quantitative estimate of drug-likeness (QED) is 0.772. The fourth-order valence-electron chi connectivity index (χ4n) is 0.887. The zero-order chi connectivity index (χ0) is 11.0. The van der Waals surface area contributed by atoms with Gasteiger partial charge in [0.2, 0.25) is 0 Å². The molecule has 0 aliphatic rings. The topological polar surface area (TPSA) is 38.0 Å². The number of anilines is 1. The van der Waals surface area contributed by atoms with E-state index in [0.717, 1.165) is 5.69 Å². The summed E-state index contributed by atoms with van der Waals surface area (Å²) in [5, 5.41) is 3.15. The van der Waals surface area contributed by atoms with Crippen LogP contribution in [0.25, 0.3) is 0 Å². The maximum atomic E-state index is 5.41. The number of hydrogen-bond donors (Lipinski definition) is 2. The summed E-state index contributed by atoms with van der Waals surface area (Å²) >= 11 is 0. The van der Waals surface area contributed by atoms with Crippen molar-refractivity contribution in [1.29, 1.82) is 0 Å². The minimum Gasteiger partial charge on any atom is -0.401 e. The third kappa shape index (κ3) is 5.25. The molecule has 0 heterocycles. The molecular weight excluding hydrogens is 172 g/mol. The van der Waals surface area contributed by atoms with Crippen molar-refractivity contribution < 1.29 is 0 Å². The number of aryl methyl sites for hydroxylation is 1. The lowest BCUT2D eigenvalue weighted by atomic mass is 10.2. The van der Waals surface area contributed by atoms with Gasteiger partial charge in [-0.3, -0.25) is 0 Å². The molecule has 0 atom stereocenters. The van der Waals surface area contributed by atoms with Gasteiger partial charge in [-0.1, -0.05) is 38.1 Å². The van der Waals surface area contributed by atoms with Crippen molar-refractivity contribution in [3.05, 3.63) is 42.1 Å². The lowest BCUT2D eigenvalue weighted by Crippen LogP contribution is -2.09. The molecule has 2 nitrogen and oxygen atoms in total. The molecular formula is C12H20N2. The van der Waals surface area contributed by atoms with Gasteiger partial charge in [0.25, 0.3) is 0 Å². The van der Waals surface area contributed by atoms with Gasteiger partial charge in [0, 0.05) is 11.4 Å². The largest absolute Gasteiger partial charge is 0.401 e. The van der Waals surface area contributed by atoms with Crippen LogP contribution in [0.2, 0.25) is 0 Å². The molecule has 1 aromatic carbocycles. The molecule has 0 saturated carbocycles. The lowest BCUT2D eigenvalue weighted by Gasteiger charge is -2.05. The zero-order valence-electron chi connectivity index (χ0n) is 9.30. The second kappa shape index (κ2) is 7.01. The molecule has 0 bridgehead atoms. The number of rotatable bonds is 3. The lowest BCUT2D eigenvalue weighted by molar-refractivity contribution is 1.18. The van der Waals surface area contributed by atoms with Crippen molar-refractivity contribution >= 4 is 5.69 Å². The summed E-state index contributed by atoms with van der Waals surface area (Å²) in [5.74, 6) is 0. The summed E-state index contributed by atoms with van der Waals surface area (Å²) in [4.78, 5) is 0. The number of nitrogens with one attached hydrogen (secondary N) is 1. The second-order valence-corrected chi connectivity index (χ2v) is 2.88. The Balaban J connectivity index is 0.000000791. The van der Waals surface area contributed by atoms with Crippen molar-refractivity contribution in [1.82, 2.24) is 0 Å². The van der Waals surface area contributed by atoms with Gasteiger partial charge in [-0.2, -0.15) is 0 Å². The highest BCUT2D eigenvalue weighted by Gasteiger charge is 1.90. The van der Waals surface area contributed by atoms with E-state index >= 15 is 0 Å². The van der Waals surface area contributed by atoms with Crippen LogP contribution in [0.15, 0.2) is 36.5 Å². The van der Waals surface area contributed by atoms with Crippen LogP contribution in [-0.4, -0.2) is 6.54 Å². The first-order valence-corrected chi connectivity index (χ1v) is 4.92. The van der Waals surface area contributed by atoms with Gasteiger partial charge < -0.3 is 11.1 Å². The van der Waals surface area contributed by atoms with Crippen LogP contribution in [0.5, 0.6) is 0 Å². The van der Waals surface area contributed by atoms with Gasteiger partial charge in [0.05, 0.1) is 6.54 Å². The first kappa shape index (κ1) is 12.6. The van der Waals surface area contributed by atoms with Crippen molar-refractivity contribution in [2.24, 2.45) is 5.73 Å². The van der Waals surface area contributed by atoms with Crippen LogP contribution in [0.4, 0.5) is 5.69 Å². The summed E-state index contributed by atoms with van der Waals surface area (Å²) in [6.45, 7) is 10.3. The van der Waals surface area contributed by atoms with Crippen LogP contribution in [0.1, 0.15) is 19.4 Å². The maximum absolute atomic E-state index is 5.41. The minimum atomic E-state index is 0.628. The van der Waals surface area contributed by atoms with Crippen LogP contribution in [0.3, 0.4) is 0 Å². The Morgan fingerprint density at radius 3 is 2.21 bits per heavy atom. The van der Waals surface area contributed by atoms with E-state index < -0.39 is 0 Å². The molecule has 0 aliphatic heterocycles. The third-order valence-electron chi connectivity index (χ3n) is 1.57. The maximum Gasteiger partial charge on any atom is 0.0539 e. The van der Waals surface area contributed by atoms with Crippen LogP contribution >= 0.6 is 0 Å². The predicted molar refractivity (Wildman–Crippen MR) is 64.3 cm³/mol. The van der Waals surface area contributed by atoms with Gasteiger partial charge >= 0.3 is 0 Å². The first-order valence-electron chi connectivity index (χ1n) is 4.92. The van der Waals surface area contributed by atoms with Gasteiger partial charge in [0.1, 0.15) is 0 Å². The van der Waals surface area contributed by atoms with Crippen molar-refractivity contribution in [2.45, 2.75) is 20.8 Å². The molecule has 0 radical (unpaired) electrons. The van der Waals surface area contributed by atoms with E-state index in [-0.39, 0.29) is 0 Å². The summed E-state index contributed by atoms with van der Waals surface area (Å²) in [6, 6.07) is 8.17. The van der Waals surface area contributed by atoms with Crippen LogP contribution in [0, 0.1) is 6.92 Å². The normalized spacial score (nSPS) is 8.50. The smallest absolute Gasteiger partial charge is 0.0539 e. The van der Waals surface area contributed by atoms with E-state index in [1.54, 1.807) is 0 Å². The van der Waals surface area contributed by atoms with E-state index in [0.29, 0.717) is 12.2 Å². The average molecular weight is 192 g/mol. The van der Waals surface area contributed by atoms with E-state index in [2.05, 4.69) is 31.0 Å². The van der Waals surface area contributed by atoms with Crippen molar-refractivity contribution in [3.8, 4) is 0 Å². The molecule has 0 aliphatic carbocycles. The molecule has 0 amide bonds. The molecule has 0 fully saturated rings. The molecule has 2 heteroatoms. The highest BCUT2D eigenvalue weighted by molar-refractivity contribution is 5.45. The Labute approximate surface area is 86.8 Å². The molecule has 1 aromatic rings. The first-order chi connectivity index (χ1) is 6.68. The van der Waals surface area contributed by atoms with E-state index in [4.69, 9.17) is 5.73 Å². The van der Waals surface area contributed by atoms with E-state index in [9.17, 15) is 0 Å². The SMILES string of the molecule is C=C(N)CNc1ccc(C)cc1.CC. The molecule has 0 spiro atoms. The fourth-order valence-corrected chi connectivity index (χ4v) is 0.887. The van der Waals surface area contributed by atoms with Gasteiger partial charge in [-0.15, -0.1) is 0 Å². The summed E-state index contributed by atoms with van der Waals surface area (Å²) < 4.78 is 0.